The van der Waals surface area contributed by atoms with Crippen LogP contribution in [-0.2, 0) is 0 Å². The molecule has 0 aliphatic carbocycles. The lowest BCUT2D eigenvalue weighted by Crippen LogP contribution is -2.33. The Morgan fingerprint density at radius 2 is 2.00 bits per heavy atom. The van der Waals surface area contributed by atoms with Crippen LogP contribution in [0.4, 0.5) is 0 Å². The summed E-state index contributed by atoms with van der Waals surface area (Å²) in [5.41, 5.74) is 1.51. The molecule has 1 aliphatic rings. The smallest absolute Gasteiger partial charge is 0.0107 e. The van der Waals surface area contributed by atoms with Crippen molar-refractivity contribution in [1.29, 1.82) is 0 Å². The van der Waals surface area contributed by atoms with Gasteiger partial charge in [0.05, 0.1) is 0 Å². The Kier molecular flexibility index (Phi) is 5.83. The maximum absolute atomic E-state index is 3.51. The summed E-state index contributed by atoms with van der Waals surface area (Å²) < 4.78 is 0. The molecule has 1 aliphatic heterocycles. The topological polar surface area (TPSA) is 18.5 Å². The molecule has 1 saturated heterocycles. The number of likely N-dealkylation sites (tertiary alicyclic amines) is 1. The van der Waals surface area contributed by atoms with E-state index in [-0.39, 0.29) is 0 Å². The van der Waals surface area contributed by atoms with Crippen LogP contribution in [0.2, 0.25) is 0 Å². The van der Waals surface area contributed by atoms with Crippen molar-refractivity contribution in [2.45, 2.75) is 12.3 Å². The van der Waals surface area contributed by atoms with Crippen molar-refractivity contribution < 1.29 is 0 Å². The highest BCUT2D eigenvalue weighted by Crippen LogP contribution is 2.26. The summed E-state index contributed by atoms with van der Waals surface area (Å²) in [4.78, 5) is 4.80. The van der Waals surface area contributed by atoms with Crippen LogP contribution in [0.1, 0.15) is 17.9 Å². The van der Waals surface area contributed by atoms with Crippen LogP contribution in [0.25, 0.3) is 0 Å². The quantitative estimate of drug-likeness (QED) is 0.753. The maximum atomic E-state index is 3.51. The minimum Gasteiger partial charge on any atom is -0.314 e. The molecular formula is C16H27N3. The fraction of sp³-hybridized carbons (Fsp3) is 0.625. The fourth-order valence-electron chi connectivity index (χ4n) is 2.70. The van der Waals surface area contributed by atoms with Crippen LogP contribution in [0.5, 0.6) is 0 Å². The molecule has 1 atom stereocenters. The molecule has 0 spiro atoms. The second kappa shape index (κ2) is 7.63. The van der Waals surface area contributed by atoms with E-state index in [2.05, 4.69) is 59.5 Å². The van der Waals surface area contributed by atoms with Gasteiger partial charge in [-0.05, 0) is 38.5 Å². The van der Waals surface area contributed by atoms with Gasteiger partial charge >= 0.3 is 0 Å². The highest BCUT2D eigenvalue weighted by molar-refractivity contribution is 5.20. The van der Waals surface area contributed by atoms with E-state index in [9.17, 15) is 0 Å². The van der Waals surface area contributed by atoms with Gasteiger partial charge in [-0.15, -0.1) is 0 Å². The molecule has 3 nitrogen and oxygen atoms in total. The van der Waals surface area contributed by atoms with Gasteiger partial charge in [-0.1, -0.05) is 30.3 Å². The summed E-state index contributed by atoms with van der Waals surface area (Å²) in [6.45, 7) is 6.95. The van der Waals surface area contributed by atoms with Gasteiger partial charge in [0.15, 0.2) is 0 Å². The van der Waals surface area contributed by atoms with Crippen LogP contribution in [0, 0.1) is 0 Å². The molecule has 1 aromatic rings. The lowest BCUT2D eigenvalue weighted by Gasteiger charge is -2.17. The van der Waals surface area contributed by atoms with Crippen molar-refractivity contribution >= 4 is 0 Å². The molecule has 2 rings (SSSR count). The molecule has 0 radical (unpaired) electrons. The van der Waals surface area contributed by atoms with E-state index in [1.807, 2.05) is 0 Å². The van der Waals surface area contributed by atoms with E-state index in [4.69, 9.17) is 0 Å². The van der Waals surface area contributed by atoms with Crippen LogP contribution in [0.3, 0.4) is 0 Å². The number of benzene rings is 1. The standard InChI is InChI=1S/C16H27N3/c1-18(2)12-9-17-10-13-19-11-8-16(14-19)15-6-4-3-5-7-15/h3-7,16-17H,8-14H2,1-2H3. The Morgan fingerprint density at radius 1 is 1.21 bits per heavy atom. The Morgan fingerprint density at radius 3 is 2.74 bits per heavy atom. The number of nitrogens with one attached hydrogen (secondary N) is 1. The van der Waals surface area contributed by atoms with E-state index in [1.165, 1.54) is 31.6 Å². The summed E-state index contributed by atoms with van der Waals surface area (Å²) in [7, 11) is 4.24. The molecule has 3 heteroatoms. The molecule has 0 bridgehead atoms. The van der Waals surface area contributed by atoms with E-state index in [1.54, 1.807) is 0 Å². The first-order valence-corrected chi connectivity index (χ1v) is 7.38. The second-order valence-corrected chi connectivity index (χ2v) is 5.75. The van der Waals surface area contributed by atoms with Crippen LogP contribution in [-0.4, -0.2) is 63.2 Å². The molecule has 1 aromatic carbocycles. The van der Waals surface area contributed by atoms with Gasteiger partial charge in [-0.3, -0.25) is 0 Å². The first kappa shape index (κ1) is 14.5. The largest absolute Gasteiger partial charge is 0.314 e. The zero-order valence-electron chi connectivity index (χ0n) is 12.3. The summed E-state index contributed by atoms with van der Waals surface area (Å²) in [6, 6.07) is 10.9. The highest BCUT2D eigenvalue weighted by atomic mass is 15.2. The number of nitrogens with zero attached hydrogens (tertiary/aromatic N) is 2. The summed E-state index contributed by atoms with van der Waals surface area (Å²) >= 11 is 0. The highest BCUT2D eigenvalue weighted by Gasteiger charge is 2.22. The van der Waals surface area contributed by atoms with Crippen molar-refractivity contribution in [3.05, 3.63) is 35.9 Å². The number of hydrogen-bond acceptors (Lipinski definition) is 3. The van der Waals surface area contributed by atoms with Gasteiger partial charge in [0.2, 0.25) is 0 Å². The third-order valence-corrected chi connectivity index (χ3v) is 3.88. The molecule has 1 unspecified atom stereocenters. The molecule has 0 aromatic heterocycles. The SMILES string of the molecule is CN(C)CCNCCN1CCC(c2ccccc2)C1. The van der Waals surface area contributed by atoms with Gasteiger partial charge in [0.25, 0.3) is 0 Å². The summed E-state index contributed by atoms with van der Waals surface area (Å²) in [5, 5.41) is 3.51. The predicted octanol–water partition coefficient (Wildman–Crippen LogP) is 1.63. The maximum Gasteiger partial charge on any atom is 0.0107 e. The monoisotopic (exact) mass is 261 g/mol. The van der Waals surface area contributed by atoms with Crippen LogP contribution < -0.4 is 5.32 Å². The molecule has 1 heterocycles. The first-order valence-electron chi connectivity index (χ1n) is 7.38. The lowest BCUT2D eigenvalue weighted by atomic mass is 9.99. The van der Waals surface area contributed by atoms with Gasteiger partial charge < -0.3 is 15.1 Å². The van der Waals surface area contributed by atoms with Crippen molar-refractivity contribution in [1.82, 2.24) is 15.1 Å². The molecule has 0 saturated carbocycles. The average molecular weight is 261 g/mol. The minimum absolute atomic E-state index is 0.739. The number of rotatable bonds is 7. The van der Waals surface area contributed by atoms with Crippen molar-refractivity contribution in [3.8, 4) is 0 Å². The second-order valence-electron chi connectivity index (χ2n) is 5.75. The Balaban J connectivity index is 1.63. The predicted molar refractivity (Wildman–Crippen MR) is 81.7 cm³/mol. The number of likely N-dealkylation sites (N-methyl/N-ethyl adjacent to an activating group) is 1. The summed E-state index contributed by atoms with van der Waals surface area (Å²) in [6.07, 6.45) is 1.31. The number of hydrogen-bond donors (Lipinski definition) is 1. The fourth-order valence-corrected chi connectivity index (χ4v) is 2.70. The van der Waals surface area contributed by atoms with Crippen LogP contribution >= 0.6 is 0 Å². The average Bonchev–Trinajstić information content (AvgIpc) is 2.88. The van der Waals surface area contributed by atoms with E-state index < -0.39 is 0 Å². The van der Waals surface area contributed by atoms with Gasteiger partial charge in [0, 0.05) is 32.7 Å². The molecule has 1 fully saturated rings. The molecule has 19 heavy (non-hydrogen) atoms. The lowest BCUT2D eigenvalue weighted by molar-refractivity contribution is 0.325. The van der Waals surface area contributed by atoms with Gasteiger partial charge in [-0.25, -0.2) is 0 Å². The van der Waals surface area contributed by atoms with E-state index >= 15 is 0 Å². The Labute approximate surface area is 117 Å². The third kappa shape index (κ3) is 4.94. The minimum atomic E-state index is 0.739. The zero-order chi connectivity index (χ0) is 13.5. The Hall–Kier alpha value is -0.900. The molecule has 1 N–H and O–H groups in total. The molecular weight excluding hydrogens is 234 g/mol. The normalized spacial score (nSPS) is 20.3. The van der Waals surface area contributed by atoms with Crippen molar-refractivity contribution in [2.75, 3.05) is 53.4 Å². The van der Waals surface area contributed by atoms with Crippen molar-refractivity contribution in [3.63, 3.8) is 0 Å². The Bertz CT molecular complexity index is 350. The van der Waals surface area contributed by atoms with Gasteiger partial charge in [0.1, 0.15) is 0 Å². The van der Waals surface area contributed by atoms with E-state index in [0.717, 1.165) is 25.6 Å². The van der Waals surface area contributed by atoms with Crippen LogP contribution in [0.15, 0.2) is 30.3 Å². The zero-order valence-corrected chi connectivity index (χ0v) is 12.3. The molecule has 0 amide bonds. The molecule has 106 valence electrons. The van der Waals surface area contributed by atoms with E-state index in [0.29, 0.717) is 0 Å². The third-order valence-electron chi connectivity index (χ3n) is 3.88. The van der Waals surface area contributed by atoms with Gasteiger partial charge in [-0.2, -0.15) is 0 Å². The van der Waals surface area contributed by atoms with Crippen molar-refractivity contribution in [2.24, 2.45) is 0 Å². The summed E-state index contributed by atoms with van der Waals surface area (Å²) in [5.74, 6) is 0.739. The first-order chi connectivity index (χ1) is 9.25.